The second kappa shape index (κ2) is 13.2. The first-order chi connectivity index (χ1) is 14.2. The van der Waals surface area contributed by atoms with Crippen molar-refractivity contribution in [2.75, 3.05) is 18.1 Å². The fraction of sp³-hybridized carbons (Fsp3) is 0.556. The van der Waals surface area contributed by atoms with Gasteiger partial charge in [0.15, 0.2) is 0 Å². The van der Waals surface area contributed by atoms with Gasteiger partial charge in [-0.15, -0.1) is 0 Å². The smallest absolute Gasteiger partial charge is 0.408 e. The average molecular weight is 436 g/mol. The van der Waals surface area contributed by atoms with Gasteiger partial charge in [0.25, 0.3) is 0 Å². The molecule has 1 amide bonds. The van der Waals surface area contributed by atoms with E-state index in [0.29, 0.717) is 5.75 Å². The number of ether oxygens (including phenoxy) is 2. The van der Waals surface area contributed by atoms with E-state index in [2.05, 4.69) is 25.4 Å². The molecule has 1 aromatic rings. The first-order valence-electron chi connectivity index (χ1n) is 9.08. The van der Waals surface area contributed by atoms with Crippen molar-refractivity contribution >= 4 is 23.8 Å². The maximum atomic E-state index is 12.5. The Morgan fingerprint density at radius 3 is 2.47 bits per heavy atom. The normalized spacial score (nSPS) is 12.5. The summed E-state index contributed by atoms with van der Waals surface area (Å²) in [7, 11) is 0. The minimum absolute atomic E-state index is 0.00277. The van der Waals surface area contributed by atoms with Gasteiger partial charge >= 0.3 is 12.1 Å². The molecule has 162 valence electrons. The van der Waals surface area contributed by atoms with Crippen molar-refractivity contribution in [3.8, 4) is 0 Å². The van der Waals surface area contributed by atoms with E-state index < -0.39 is 29.7 Å². The van der Waals surface area contributed by atoms with Crippen LogP contribution in [0.25, 0.3) is 20.9 Å². The summed E-state index contributed by atoms with van der Waals surface area (Å²) in [5.41, 5.74) is 17.1. The van der Waals surface area contributed by atoms with Crippen LogP contribution in [0.4, 0.5) is 4.79 Å². The van der Waals surface area contributed by atoms with Crippen molar-refractivity contribution in [2.24, 2.45) is 10.2 Å². The number of thioether (sulfide) groups is 1. The molecule has 0 fully saturated rings. The fourth-order valence-electron chi connectivity index (χ4n) is 2.10. The van der Waals surface area contributed by atoms with Gasteiger partial charge in [-0.3, -0.25) is 0 Å². The lowest BCUT2D eigenvalue weighted by Crippen LogP contribution is -2.46. The van der Waals surface area contributed by atoms with Crippen LogP contribution < -0.4 is 5.32 Å². The number of amides is 1. The van der Waals surface area contributed by atoms with E-state index in [0.717, 1.165) is 5.56 Å². The predicted molar refractivity (Wildman–Crippen MR) is 114 cm³/mol. The average Bonchev–Trinajstić information content (AvgIpc) is 2.69. The molecule has 0 spiro atoms. The molecule has 0 aromatic heterocycles. The Morgan fingerprint density at radius 2 is 1.87 bits per heavy atom. The minimum atomic E-state index is -0.969. The van der Waals surface area contributed by atoms with Crippen LogP contribution in [0, 0.1) is 0 Å². The summed E-state index contributed by atoms with van der Waals surface area (Å²) < 4.78 is 10.5. The lowest BCUT2D eigenvalue weighted by atomic mass is 10.2. The number of nitrogens with one attached hydrogen (secondary N) is 1. The van der Waals surface area contributed by atoms with Gasteiger partial charge in [-0.25, -0.2) is 9.59 Å². The molecule has 1 N–H and O–H groups in total. The quantitative estimate of drug-likeness (QED) is 0.236. The standard InChI is InChI=1S/C18H25N7O4S/c1-18(2,3)29-16(26)15(12-30-11-14(23-25-20)9-21-24-19)22-17(27)28-10-13-7-5-4-6-8-13/h4-8,14-15H,9-12H2,1-3H3,(H,22,27). The topological polar surface area (TPSA) is 162 Å². The summed E-state index contributed by atoms with van der Waals surface area (Å²) in [5, 5.41) is 9.46. The van der Waals surface area contributed by atoms with Crippen molar-refractivity contribution in [3.63, 3.8) is 0 Å². The van der Waals surface area contributed by atoms with Crippen LogP contribution in [0.2, 0.25) is 0 Å². The molecule has 0 aliphatic heterocycles. The molecule has 0 saturated carbocycles. The number of hydrogen-bond donors (Lipinski definition) is 1. The van der Waals surface area contributed by atoms with Crippen molar-refractivity contribution in [2.45, 2.75) is 45.1 Å². The number of esters is 1. The van der Waals surface area contributed by atoms with E-state index in [-0.39, 0.29) is 18.9 Å². The zero-order valence-electron chi connectivity index (χ0n) is 17.1. The molecule has 0 saturated heterocycles. The number of carbonyl (C=O) groups excluding carboxylic acids is 2. The second-order valence-corrected chi connectivity index (χ2v) is 8.18. The van der Waals surface area contributed by atoms with Crippen LogP contribution in [-0.2, 0) is 20.9 Å². The summed E-state index contributed by atoms with van der Waals surface area (Å²) in [6, 6.07) is 7.59. The van der Waals surface area contributed by atoms with E-state index in [1.807, 2.05) is 30.3 Å². The molecule has 1 aromatic carbocycles. The molecule has 2 atom stereocenters. The maximum absolute atomic E-state index is 12.5. The van der Waals surface area contributed by atoms with Gasteiger partial charge in [0.05, 0.1) is 6.04 Å². The van der Waals surface area contributed by atoms with Gasteiger partial charge in [0.1, 0.15) is 18.2 Å². The van der Waals surface area contributed by atoms with Gasteiger partial charge in [0, 0.05) is 27.9 Å². The molecule has 11 nitrogen and oxygen atoms in total. The molecular formula is C18H25N7O4S. The number of nitrogens with zero attached hydrogens (tertiary/aromatic N) is 6. The van der Waals surface area contributed by atoms with Crippen LogP contribution in [0.1, 0.15) is 26.3 Å². The highest BCUT2D eigenvalue weighted by atomic mass is 32.2. The minimum Gasteiger partial charge on any atom is -0.458 e. The number of azide groups is 2. The van der Waals surface area contributed by atoms with E-state index in [1.165, 1.54) is 11.8 Å². The molecule has 12 heteroatoms. The lowest BCUT2D eigenvalue weighted by Gasteiger charge is -2.24. The molecular weight excluding hydrogens is 410 g/mol. The predicted octanol–water partition coefficient (Wildman–Crippen LogP) is 4.35. The van der Waals surface area contributed by atoms with E-state index in [4.69, 9.17) is 20.5 Å². The Balaban J connectivity index is 2.68. The Hall–Kier alpha value is -3.07. The monoisotopic (exact) mass is 435 g/mol. The van der Waals surface area contributed by atoms with Gasteiger partial charge < -0.3 is 14.8 Å². The van der Waals surface area contributed by atoms with Gasteiger partial charge in [-0.2, -0.15) is 11.8 Å². The fourth-order valence-corrected chi connectivity index (χ4v) is 3.13. The van der Waals surface area contributed by atoms with Crippen molar-refractivity contribution in [1.29, 1.82) is 0 Å². The highest BCUT2D eigenvalue weighted by molar-refractivity contribution is 7.99. The highest BCUT2D eigenvalue weighted by Crippen LogP contribution is 2.14. The van der Waals surface area contributed by atoms with Crippen LogP contribution >= 0.6 is 11.8 Å². The van der Waals surface area contributed by atoms with Crippen LogP contribution in [-0.4, -0.2) is 47.8 Å². The number of rotatable bonds is 11. The summed E-state index contributed by atoms with van der Waals surface area (Å²) in [6.07, 6.45) is -0.754. The van der Waals surface area contributed by atoms with E-state index in [1.54, 1.807) is 20.8 Å². The molecule has 0 aliphatic rings. The van der Waals surface area contributed by atoms with Crippen molar-refractivity contribution in [1.82, 2.24) is 5.32 Å². The molecule has 2 unspecified atom stereocenters. The van der Waals surface area contributed by atoms with Crippen LogP contribution in [0.5, 0.6) is 0 Å². The third-order valence-electron chi connectivity index (χ3n) is 3.36. The Morgan fingerprint density at radius 1 is 1.17 bits per heavy atom. The Labute approximate surface area is 178 Å². The first-order valence-corrected chi connectivity index (χ1v) is 10.2. The molecule has 0 bridgehead atoms. The van der Waals surface area contributed by atoms with Crippen molar-refractivity contribution < 1.29 is 19.1 Å². The van der Waals surface area contributed by atoms with Gasteiger partial charge in [-0.05, 0) is 37.4 Å². The Kier molecular flexibility index (Phi) is 11.0. The first kappa shape index (κ1) is 25.0. The summed E-state index contributed by atoms with van der Waals surface area (Å²) in [5.74, 6) is -0.159. The zero-order valence-corrected chi connectivity index (χ0v) is 17.9. The number of hydrogen-bond acceptors (Lipinski definition) is 7. The second-order valence-electron chi connectivity index (χ2n) is 7.10. The SMILES string of the molecule is CC(C)(C)OC(=O)C(CSCC(CN=[N+]=[N-])N=[N+]=[N-])NC(=O)OCc1ccccc1. The third kappa shape index (κ3) is 11.1. The summed E-state index contributed by atoms with van der Waals surface area (Å²) >= 11 is 1.25. The Bertz CT molecular complexity index is 787. The van der Waals surface area contributed by atoms with E-state index >= 15 is 0 Å². The largest absolute Gasteiger partial charge is 0.458 e. The molecule has 1 rings (SSSR count). The molecule has 0 aliphatic carbocycles. The lowest BCUT2D eigenvalue weighted by molar-refractivity contribution is -0.156. The third-order valence-corrected chi connectivity index (χ3v) is 4.55. The van der Waals surface area contributed by atoms with E-state index in [9.17, 15) is 9.59 Å². The van der Waals surface area contributed by atoms with Crippen molar-refractivity contribution in [3.05, 3.63) is 56.8 Å². The summed E-state index contributed by atoms with van der Waals surface area (Å²) in [6.45, 7) is 5.23. The molecule has 30 heavy (non-hydrogen) atoms. The van der Waals surface area contributed by atoms with Crippen LogP contribution in [0.3, 0.4) is 0 Å². The zero-order chi connectivity index (χ0) is 22.4. The van der Waals surface area contributed by atoms with Gasteiger partial charge in [0.2, 0.25) is 0 Å². The number of benzene rings is 1. The number of alkyl carbamates (subject to hydrolysis) is 1. The molecule has 0 heterocycles. The maximum Gasteiger partial charge on any atom is 0.408 e. The number of carbonyl (C=O) groups is 2. The van der Waals surface area contributed by atoms with Gasteiger partial charge in [-0.1, -0.05) is 40.6 Å². The van der Waals surface area contributed by atoms with Crippen LogP contribution in [0.15, 0.2) is 40.6 Å². The highest BCUT2D eigenvalue weighted by Gasteiger charge is 2.27. The molecule has 0 radical (unpaired) electrons. The summed E-state index contributed by atoms with van der Waals surface area (Å²) in [4.78, 5) is 30.0.